The predicted molar refractivity (Wildman–Crippen MR) is 146 cm³/mol. The van der Waals surface area contributed by atoms with Gasteiger partial charge in [-0.2, -0.15) is 0 Å². The van der Waals surface area contributed by atoms with Gasteiger partial charge >= 0.3 is 0 Å². The van der Waals surface area contributed by atoms with E-state index in [0.29, 0.717) is 13.1 Å². The fraction of sp³-hybridized carbons (Fsp3) is 0.462. The molecule has 0 spiro atoms. The highest BCUT2D eigenvalue weighted by Gasteiger charge is 2.24. The summed E-state index contributed by atoms with van der Waals surface area (Å²) in [6, 6.07) is 16.8. The molecule has 0 bridgehead atoms. The maximum Gasteiger partial charge on any atom is 0.221 e. The number of para-hydroxylation sites is 1. The minimum absolute atomic E-state index is 0. The van der Waals surface area contributed by atoms with Gasteiger partial charge in [-0.15, -0.1) is 24.0 Å². The van der Waals surface area contributed by atoms with Crippen molar-refractivity contribution in [2.75, 3.05) is 26.2 Å². The largest absolute Gasteiger partial charge is 0.488 e. The third-order valence-corrected chi connectivity index (χ3v) is 6.28. The molecular weight excluding hydrogens is 541 g/mol. The molecule has 0 aliphatic carbocycles. The molecule has 8 heteroatoms. The number of piperidine rings is 1. The van der Waals surface area contributed by atoms with Crippen molar-refractivity contribution in [3.8, 4) is 5.75 Å². The second kappa shape index (κ2) is 12.9. The molecule has 0 radical (unpaired) electrons. The van der Waals surface area contributed by atoms with E-state index in [2.05, 4.69) is 58.9 Å². The van der Waals surface area contributed by atoms with Gasteiger partial charge < -0.3 is 21.1 Å². The van der Waals surface area contributed by atoms with Gasteiger partial charge in [0, 0.05) is 26.1 Å². The van der Waals surface area contributed by atoms with Crippen molar-refractivity contribution in [1.29, 1.82) is 0 Å². The molecule has 2 heterocycles. The fourth-order valence-corrected chi connectivity index (χ4v) is 4.61. The van der Waals surface area contributed by atoms with Gasteiger partial charge in [-0.25, -0.2) is 4.99 Å². The summed E-state index contributed by atoms with van der Waals surface area (Å²) in [4.78, 5) is 18.7. The Balaban J connectivity index is 0.00000324. The number of nitrogens with one attached hydrogen (secondary N) is 2. The van der Waals surface area contributed by atoms with Crippen LogP contribution in [0.4, 0.5) is 0 Å². The van der Waals surface area contributed by atoms with Crippen LogP contribution in [0, 0.1) is 5.92 Å². The van der Waals surface area contributed by atoms with E-state index >= 15 is 0 Å². The Labute approximate surface area is 219 Å². The molecule has 7 nitrogen and oxygen atoms in total. The van der Waals surface area contributed by atoms with Gasteiger partial charge in [0.15, 0.2) is 5.96 Å². The quantitative estimate of drug-likeness (QED) is 0.255. The van der Waals surface area contributed by atoms with Gasteiger partial charge in [0.2, 0.25) is 5.91 Å². The van der Waals surface area contributed by atoms with Crippen molar-refractivity contribution in [2.45, 2.75) is 45.4 Å². The number of carbonyl (C=O) groups is 1. The first-order chi connectivity index (χ1) is 16.1. The number of nitrogens with two attached hydrogens (primary N) is 1. The second-order valence-electron chi connectivity index (χ2n) is 8.92. The molecule has 0 aromatic heterocycles. The molecule has 4 rings (SSSR count). The zero-order chi connectivity index (χ0) is 23.0. The van der Waals surface area contributed by atoms with Crippen molar-refractivity contribution in [3.05, 3.63) is 65.2 Å². The lowest BCUT2D eigenvalue weighted by Crippen LogP contribution is -2.42. The van der Waals surface area contributed by atoms with Crippen molar-refractivity contribution in [2.24, 2.45) is 16.6 Å². The van der Waals surface area contributed by atoms with Gasteiger partial charge in [-0.3, -0.25) is 9.69 Å². The number of likely N-dealkylation sites (tertiary alicyclic amines) is 1. The van der Waals surface area contributed by atoms with Crippen LogP contribution in [0.15, 0.2) is 53.5 Å². The van der Waals surface area contributed by atoms with E-state index in [-0.39, 0.29) is 41.9 Å². The van der Waals surface area contributed by atoms with Crippen LogP contribution in [-0.2, 0) is 24.3 Å². The monoisotopic (exact) mass is 577 g/mol. The van der Waals surface area contributed by atoms with Crippen molar-refractivity contribution >= 4 is 35.8 Å². The summed E-state index contributed by atoms with van der Waals surface area (Å²) in [6.45, 7) is 6.76. The lowest BCUT2D eigenvalue weighted by atomic mass is 9.97. The number of guanidine groups is 1. The number of benzene rings is 2. The van der Waals surface area contributed by atoms with E-state index < -0.39 is 0 Å². The summed E-state index contributed by atoms with van der Waals surface area (Å²) in [6.07, 6.45) is 2.95. The van der Waals surface area contributed by atoms with Crippen LogP contribution in [0.5, 0.6) is 5.75 Å². The summed E-state index contributed by atoms with van der Waals surface area (Å²) in [5, 5.41) is 6.75. The molecule has 1 saturated heterocycles. The Morgan fingerprint density at radius 1 is 1.18 bits per heavy atom. The third-order valence-electron chi connectivity index (χ3n) is 6.28. The Kier molecular flexibility index (Phi) is 10.0. The van der Waals surface area contributed by atoms with Gasteiger partial charge in [0.05, 0.1) is 19.0 Å². The Morgan fingerprint density at radius 2 is 2.00 bits per heavy atom. The van der Waals surface area contributed by atoms with Crippen molar-refractivity contribution < 1.29 is 9.53 Å². The van der Waals surface area contributed by atoms with E-state index in [1.54, 1.807) is 0 Å². The first kappa shape index (κ1) is 26.3. The average molecular weight is 578 g/mol. The number of aliphatic imine (C=N–C) groups is 1. The standard InChI is InChI=1S/C26H35N5O2.HI/c1-2-28-26(30-16-23-14-21-9-3-4-11-24(21)33-23)29-15-19-7-5-8-20(13-19)17-31-12-6-10-22(18-31)25(27)32;/h3-5,7-9,11,13,22-23H,2,6,10,12,14-18H2,1H3,(H2,27,32)(H2,28,29,30);1H. The van der Waals surface area contributed by atoms with Crippen LogP contribution < -0.4 is 21.1 Å². The van der Waals surface area contributed by atoms with Gasteiger partial charge in [-0.1, -0.05) is 42.5 Å². The minimum atomic E-state index is -0.182. The Hall–Kier alpha value is -2.33. The maximum atomic E-state index is 11.6. The van der Waals surface area contributed by atoms with E-state index in [1.165, 1.54) is 11.1 Å². The number of hydrogen-bond donors (Lipinski definition) is 3. The molecule has 2 aliphatic heterocycles. The summed E-state index contributed by atoms with van der Waals surface area (Å²) in [7, 11) is 0. The van der Waals surface area contributed by atoms with E-state index in [0.717, 1.165) is 62.7 Å². The first-order valence-electron chi connectivity index (χ1n) is 12.0. The number of nitrogens with zero attached hydrogens (tertiary/aromatic N) is 2. The number of rotatable bonds is 8. The summed E-state index contributed by atoms with van der Waals surface area (Å²) in [5.41, 5.74) is 9.19. The number of hydrogen-bond acceptors (Lipinski definition) is 4. The maximum absolute atomic E-state index is 11.6. The van der Waals surface area contributed by atoms with Crippen molar-refractivity contribution in [1.82, 2.24) is 15.5 Å². The molecule has 2 aliphatic rings. The fourth-order valence-electron chi connectivity index (χ4n) is 4.61. The second-order valence-corrected chi connectivity index (χ2v) is 8.92. The van der Waals surface area contributed by atoms with Gasteiger partial charge in [0.25, 0.3) is 0 Å². The predicted octanol–water partition coefficient (Wildman–Crippen LogP) is 3.06. The van der Waals surface area contributed by atoms with Crippen LogP contribution in [0.2, 0.25) is 0 Å². The van der Waals surface area contributed by atoms with Crippen LogP contribution in [0.3, 0.4) is 0 Å². The molecule has 0 saturated carbocycles. The van der Waals surface area contributed by atoms with Crippen LogP contribution in [0.1, 0.15) is 36.5 Å². The normalized spacial score (nSPS) is 20.1. The Bertz CT molecular complexity index is 958. The van der Waals surface area contributed by atoms with Crippen LogP contribution in [-0.4, -0.2) is 49.0 Å². The molecule has 2 aromatic rings. The lowest BCUT2D eigenvalue weighted by Gasteiger charge is -2.31. The van der Waals surface area contributed by atoms with Crippen LogP contribution >= 0.6 is 24.0 Å². The van der Waals surface area contributed by atoms with Crippen molar-refractivity contribution in [3.63, 3.8) is 0 Å². The number of primary amides is 1. The van der Waals surface area contributed by atoms with E-state index in [9.17, 15) is 4.79 Å². The summed E-state index contributed by atoms with van der Waals surface area (Å²) >= 11 is 0. The zero-order valence-electron chi connectivity index (χ0n) is 19.8. The van der Waals surface area contributed by atoms with Crippen LogP contribution in [0.25, 0.3) is 0 Å². The number of carbonyl (C=O) groups excluding carboxylic acids is 1. The molecule has 4 N–H and O–H groups in total. The van der Waals surface area contributed by atoms with Gasteiger partial charge in [-0.05, 0) is 49.1 Å². The number of fused-ring (bicyclic) bond motifs is 1. The molecule has 2 aromatic carbocycles. The minimum Gasteiger partial charge on any atom is -0.488 e. The highest BCUT2D eigenvalue weighted by molar-refractivity contribution is 14.0. The topological polar surface area (TPSA) is 92.0 Å². The molecule has 184 valence electrons. The lowest BCUT2D eigenvalue weighted by molar-refractivity contribution is -0.123. The summed E-state index contributed by atoms with van der Waals surface area (Å²) < 4.78 is 6.03. The SMILES string of the molecule is CCNC(=NCc1cccc(CN2CCCC(C(N)=O)C2)c1)NCC1Cc2ccccc2O1.I. The number of ether oxygens (including phenoxy) is 1. The molecule has 34 heavy (non-hydrogen) atoms. The van der Waals surface area contributed by atoms with E-state index in [1.807, 2.05) is 12.1 Å². The number of halogens is 1. The van der Waals surface area contributed by atoms with Gasteiger partial charge in [0.1, 0.15) is 11.9 Å². The average Bonchev–Trinajstić information content (AvgIpc) is 3.24. The first-order valence-corrected chi connectivity index (χ1v) is 12.0. The number of amides is 1. The highest BCUT2D eigenvalue weighted by atomic mass is 127. The van der Waals surface area contributed by atoms with E-state index in [4.69, 9.17) is 15.5 Å². The third kappa shape index (κ3) is 7.33. The molecule has 2 unspecified atom stereocenters. The molecule has 2 atom stereocenters. The molecule has 1 fully saturated rings. The molecule has 1 amide bonds. The summed E-state index contributed by atoms with van der Waals surface area (Å²) in [5.74, 6) is 1.57. The molecular formula is C26H36IN5O2. The zero-order valence-corrected chi connectivity index (χ0v) is 22.2. The smallest absolute Gasteiger partial charge is 0.221 e. The highest BCUT2D eigenvalue weighted by Crippen LogP contribution is 2.27. The Morgan fingerprint density at radius 3 is 2.79 bits per heavy atom.